The van der Waals surface area contributed by atoms with Gasteiger partial charge in [-0.15, -0.1) is 0 Å². The van der Waals surface area contributed by atoms with Gasteiger partial charge in [-0.25, -0.2) is 9.59 Å². The Kier molecular flexibility index (Phi) is 8.71. The maximum absolute atomic E-state index is 13.1. The molecule has 8 nitrogen and oxygen atoms in total. The molecule has 1 heterocycles. The van der Waals surface area contributed by atoms with Gasteiger partial charge in [0.25, 0.3) is 0 Å². The van der Waals surface area contributed by atoms with E-state index in [1.165, 1.54) is 6.92 Å². The first-order chi connectivity index (χ1) is 17.9. The molecule has 3 aromatic carbocycles. The van der Waals surface area contributed by atoms with Crippen molar-refractivity contribution in [3.05, 3.63) is 108 Å². The molecule has 1 fully saturated rings. The fourth-order valence-corrected chi connectivity index (χ4v) is 4.83. The van der Waals surface area contributed by atoms with Crippen LogP contribution in [-0.4, -0.2) is 53.4 Å². The van der Waals surface area contributed by atoms with Gasteiger partial charge in [0.05, 0.1) is 16.4 Å². The van der Waals surface area contributed by atoms with Crippen LogP contribution in [0.5, 0.6) is 0 Å². The normalized spacial score (nSPS) is 20.6. The molecule has 9 heteroatoms. The van der Waals surface area contributed by atoms with Crippen LogP contribution in [0.15, 0.2) is 91.0 Å². The number of thioether (sulfide) groups is 1. The van der Waals surface area contributed by atoms with E-state index < -0.39 is 41.7 Å². The number of benzene rings is 3. The number of hydrogen-bond donors (Lipinski definition) is 0. The molecule has 0 bridgehead atoms. The highest BCUT2D eigenvalue weighted by atomic mass is 32.2. The molecule has 0 amide bonds. The maximum atomic E-state index is 13.1. The van der Waals surface area contributed by atoms with Gasteiger partial charge in [-0.05, 0) is 24.3 Å². The first-order valence-corrected chi connectivity index (χ1v) is 12.4. The van der Waals surface area contributed by atoms with Crippen LogP contribution < -0.4 is 0 Å². The molecule has 0 radical (unpaired) electrons. The van der Waals surface area contributed by atoms with E-state index in [4.69, 9.17) is 18.9 Å². The van der Waals surface area contributed by atoms with Gasteiger partial charge in [0.15, 0.2) is 6.10 Å². The lowest BCUT2D eigenvalue weighted by Gasteiger charge is -2.23. The zero-order valence-corrected chi connectivity index (χ0v) is 20.7. The van der Waals surface area contributed by atoms with Crippen molar-refractivity contribution in [2.24, 2.45) is 0 Å². The monoisotopic (exact) mass is 520 g/mol. The SMILES string of the molecule is CC(=O)OC1OC(COC(=O)c2ccccc2)C(SC(=O)c2ccccc2)C1OC(=O)c1ccccc1. The average Bonchev–Trinajstić information content (AvgIpc) is 3.23. The molecule has 190 valence electrons. The van der Waals surface area contributed by atoms with Gasteiger partial charge in [-0.1, -0.05) is 78.5 Å². The van der Waals surface area contributed by atoms with Crippen LogP contribution in [0.25, 0.3) is 0 Å². The summed E-state index contributed by atoms with van der Waals surface area (Å²) in [5, 5.41) is -1.15. The fourth-order valence-electron chi connectivity index (χ4n) is 3.70. The first-order valence-electron chi connectivity index (χ1n) is 11.5. The highest BCUT2D eigenvalue weighted by Gasteiger charge is 2.51. The Morgan fingerprint density at radius 3 is 1.78 bits per heavy atom. The Labute approximate surface area is 217 Å². The fraction of sp³-hybridized carbons (Fsp3) is 0.214. The summed E-state index contributed by atoms with van der Waals surface area (Å²) in [5.41, 5.74) is 1.05. The minimum Gasteiger partial charge on any atom is -0.459 e. The number of hydrogen-bond acceptors (Lipinski definition) is 9. The molecule has 4 atom stereocenters. The second kappa shape index (κ2) is 12.3. The molecule has 4 rings (SSSR count). The van der Waals surface area contributed by atoms with Crippen molar-refractivity contribution in [1.82, 2.24) is 0 Å². The van der Waals surface area contributed by atoms with Crippen LogP contribution in [0, 0.1) is 0 Å². The van der Waals surface area contributed by atoms with E-state index in [2.05, 4.69) is 0 Å². The standard InChI is InChI=1S/C28H24O8S/c1-18(29)34-28-23(36-26(31)20-13-7-3-8-14-20)24(37-27(32)21-15-9-4-10-16-21)22(35-28)17-33-25(30)19-11-5-2-6-12-19/h2-16,22-24,28H,17H2,1H3. The lowest BCUT2D eigenvalue weighted by molar-refractivity contribution is -0.187. The summed E-state index contributed by atoms with van der Waals surface area (Å²) in [4.78, 5) is 50.3. The van der Waals surface area contributed by atoms with Gasteiger partial charge in [-0.2, -0.15) is 0 Å². The summed E-state index contributed by atoms with van der Waals surface area (Å²) in [6, 6.07) is 25.2. The summed E-state index contributed by atoms with van der Waals surface area (Å²) in [6.07, 6.45) is -3.36. The second-order valence-corrected chi connectivity index (χ2v) is 9.24. The quantitative estimate of drug-likeness (QED) is 0.317. The number of esters is 3. The molecule has 1 aliphatic rings. The molecule has 0 saturated carbocycles. The molecule has 1 saturated heterocycles. The number of ether oxygens (including phenoxy) is 4. The Bertz CT molecular complexity index is 1230. The lowest BCUT2D eigenvalue weighted by Crippen LogP contribution is -2.38. The van der Waals surface area contributed by atoms with Gasteiger partial charge >= 0.3 is 17.9 Å². The average molecular weight is 521 g/mol. The van der Waals surface area contributed by atoms with E-state index in [1.54, 1.807) is 91.0 Å². The summed E-state index contributed by atoms with van der Waals surface area (Å²) in [6.45, 7) is 0.935. The minimum atomic E-state index is -1.30. The molecule has 0 N–H and O–H groups in total. The van der Waals surface area contributed by atoms with Crippen molar-refractivity contribution in [3.63, 3.8) is 0 Å². The number of carbonyl (C=O) groups is 4. The van der Waals surface area contributed by atoms with Crippen LogP contribution in [0.3, 0.4) is 0 Å². The van der Waals surface area contributed by atoms with E-state index in [-0.39, 0.29) is 17.3 Å². The zero-order chi connectivity index (χ0) is 26.2. The molecular formula is C28H24O8S. The smallest absolute Gasteiger partial charge is 0.338 e. The van der Waals surface area contributed by atoms with E-state index in [0.29, 0.717) is 11.1 Å². The summed E-state index contributed by atoms with van der Waals surface area (Å²) >= 11 is 0.868. The van der Waals surface area contributed by atoms with Crippen LogP contribution in [0.2, 0.25) is 0 Å². The Morgan fingerprint density at radius 1 is 0.730 bits per heavy atom. The van der Waals surface area contributed by atoms with Crippen molar-refractivity contribution >= 4 is 34.8 Å². The topological polar surface area (TPSA) is 105 Å². The highest BCUT2D eigenvalue weighted by Crippen LogP contribution is 2.36. The van der Waals surface area contributed by atoms with Crippen LogP contribution >= 0.6 is 11.8 Å². The van der Waals surface area contributed by atoms with Crippen molar-refractivity contribution in [2.45, 2.75) is 30.7 Å². The largest absolute Gasteiger partial charge is 0.459 e. The number of carbonyl (C=O) groups excluding carboxylic acids is 4. The molecule has 4 unspecified atom stereocenters. The van der Waals surface area contributed by atoms with E-state index in [9.17, 15) is 19.2 Å². The van der Waals surface area contributed by atoms with Crippen molar-refractivity contribution in [1.29, 1.82) is 0 Å². The zero-order valence-electron chi connectivity index (χ0n) is 19.9. The van der Waals surface area contributed by atoms with Crippen molar-refractivity contribution in [2.75, 3.05) is 6.61 Å². The second-order valence-electron chi connectivity index (χ2n) is 8.09. The van der Waals surface area contributed by atoms with Gasteiger partial charge < -0.3 is 18.9 Å². The Morgan fingerprint density at radius 2 is 1.24 bits per heavy atom. The molecule has 0 aliphatic carbocycles. The van der Waals surface area contributed by atoms with Crippen molar-refractivity contribution in [3.8, 4) is 0 Å². The summed E-state index contributed by atoms with van der Waals surface area (Å²) in [7, 11) is 0. The van der Waals surface area contributed by atoms with E-state index in [0.717, 1.165) is 11.8 Å². The molecule has 1 aliphatic heterocycles. The van der Waals surface area contributed by atoms with Crippen LogP contribution in [0.1, 0.15) is 38.0 Å². The highest BCUT2D eigenvalue weighted by molar-refractivity contribution is 8.14. The summed E-state index contributed by atoms with van der Waals surface area (Å²) < 4.78 is 22.4. The maximum Gasteiger partial charge on any atom is 0.338 e. The minimum absolute atomic E-state index is 0.259. The number of rotatable bonds is 8. The summed E-state index contributed by atoms with van der Waals surface area (Å²) in [5.74, 6) is -1.92. The molecular weight excluding hydrogens is 496 g/mol. The predicted octanol–water partition coefficient (Wildman–Crippen LogP) is 4.30. The Balaban J connectivity index is 1.58. The van der Waals surface area contributed by atoms with Gasteiger partial charge in [-0.3, -0.25) is 9.59 Å². The molecule has 37 heavy (non-hydrogen) atoms. The van der Waals surface area contributed by atoms with Gasteiger partial charge in [0.2, 0.25) is 11.4 Å². The van der Waals surface area contributed by atoms with Gasteiger partial charge in [0, 0.05) is 12.5 Å². The molecule has 0 aromatic heterocycles. The van der Waals surface area contributed by atoms with Crippen molar-refractivity contribution < 1.29 is 38.1 Å². The third kappa shape index (κ3) is 6.84. The third-order valence-corrected chi connectivity index (χ3v) is 6.74. The first kappa shape index (κ1) is 26.1. The van der Waals surface area contributed by atoms with E-state index in [1.807, 2.05) is 0 Å². The molecule has 3 aromatic rings. The molecule has 0 spiro atoms. The van der Waals surface area contributed by atoms with E-state index >= 15 is 0 Å². The van der Waals surface area contributed by atoms with Gasteiger partial charge in [0.1, 0.15) is 12.7 Å². The van der Waals surface area contributed by atoms with Crippen LogP contribution in [0.4, 0.5) is 0 Å². The van der Waals surface area contributed by atoms with Crippen LogP contribution in [-0.2, 0) is 23.7 Å². The lowest BCUT2D eigenvalue weighted by atomic mass is 10.2. The third-order valence-electron chi connectivity index (χ3n) is 5.44. The Hall–Kier alpha value is -3.95. The predicted molar refractivity (Wildman–Crippen MR) is 135 cm³/mol.